The molecule has 2 aromatic rings. The number of aromatic nitrogens is 1. The number of anilines is 1. The Bertz CT molecular complexity index is 857. The van der Waals surface area contributed by atoms with E-state index in [-0.39, 0.29) is 22.3 Å². The molecule has 1 heterocycles. The minimum atomic E-state index is -3.82. The Morgan fingerprint density at radius 1 is 1.20 bits per heavy atom. The number of rotatable bonds is 8. The lowest BCUT2D eigenvalue weighted by atomic mass is 10.1. The Balaban J connectivity index is 2.13. The number of sulfonamides is 1. The van der Waals surface area contributed by atoms with E-state index in [0.29, 0.717) is 0 Å². The van der Waals surface area contributed by atoms with Gasteiger partial charge < -0.3 is 4.74 Å². The van der Waals surface area contributed by atoms with Gasteiger partial charge in [-0.15, -0.1) is 11.3 Å². The van der Waals surface area contributed by atoms with Crippen LogP contribution in [0.4, 0.5) is 5.13 Å². The van der Waals surface area contributed by atoms with Crippen molar-refractivity contribution < 1.29 is 22.7 Å². The van der Waals surface area contributed by atoms with Crippen LogP contribution in [0.1, 0.15) is 36.3 Å². The number of hydrogen-bond acceptors (Lipinski definition) is 7. The first-order valence-corrected chi connectivity index (χ1v) is 10.0. The Labute approximate surface area is 150 Å². The number of Topliss-reactive ketones (excluding diaryl/α,β-unsaturated/α-hetero) is 1. The molecule has 0 aliphatic heterocycles. The third-order valence-electron chi connectivity index (χ3n) is 3.19. The minimum Gasteiger partial charge on any atom is -0.460 e. The van der Waals surface area contributed by atoms with Crippen LogP contribution in [-0.4, -0.2) is 31.8 Å². The van der Waals surface area contributed by atoms with Gasteiger partial charge in [-0.1, -0.05) is 25.5 Å². The molecule has 0 aliphatic rings. The second-order valence-corrected chi connectivity index (χ2v) is 7.63. The number of nitrogens with one attached hydrogen (secondary N) is 1. The molecule has 1 aromatic heterocycles. The van der Waals surface area contributed by atoms with Crippen molar-refractivity contribution in [2.24, 2.45) is 0 Å². The summed E-state index contributed by atoms with van der Waals surface area (Å²) in [6, 6.07) is 6.56. The molecule has 25 heavy (non-hydrogen) atoms. The number of aryl methyl sites for hydroxylation is 1. The largest absolute Gasteiger partial charge is 0.460 e. The highest BCUT2D eigenvalue weighted by Crippen LogP contribution is 2.21. The number of carbonyl (C=O) groups excluding carboxylic acids is 2. The molecule has 0 amide bonds. The summed E-state index contributed by atoms with van der Waals surface area (Å²) in [5, 5.41) is 1.31. The van der Waals surface area contributed by atoms with Crippen LogP contribution in [0.5, 0.6) is 0 Å². The Hall–Kier alpha value is -2.26. The molecule has 2 rings (SSSR count). The topological polar surface area (TPSA) is 102 Å². The normalized spacial score (nSPS) is 11.1. The van der Waals surface area contributed by atoms with Gasteiger partial charge in [0.05, 0.1) is 11.5 Å². The average molecular weight is 382 g/mol. The van der Waals surface area contributed by atoms with Gasteiger partial charge in [0.25, 0.3) is 15.8 Å². The van der Waals surface area contributed by atoms with Gasteiger partial charge in [0, 0.05) is 5.38 Å². The first kappa shape index (κ1) is 19.1. The molecule has 9 heteroatoms. The predicted molar refractivity (Wildman–Crippen MR) is 94.3 cm³/mol. The molecule has 0 radical (unpaired) electrons. The highest BCUT2D eigenvalue weighted by atomic mass is 32.2. The molecule has 134 valence electrons. The first-order valence-electron chi connectivity index (χ1n) is 7.66. The zero-order chi connectivity index (χ0) is 18.4. The van der Waals surface area contributed by atoms with Crippen LogP contribution in [0.25, 0.3) is 0 Å². The molecule has 0 bridgehead atoms. The molecule has 0 atom stereocenters. The highest BCUT2D eigenvalue weighted by molar-refractivity contribution is 7.93. The van der Waals surface area contributed by atoms with E-state index in [2.05, 4.69) is 14.4 Å². The number of ketones is 1. The highest BCUT2D eigenvalue weighted by Gasteiger charge is 2.22. The van der Waals surface area contributed by atoms with Crippen molar-refractivity contribution >= 4 is 38.2 Å². The molecule has 1 aromatic carbocycles. The van der Waals surface area contributed by atoms with Gasteiger partial charge in [-0.3, -0.25) is 9.52 Å². The standard InChI is InChI=1S/C16H18N2O5S2/c1-3-5-11-6-8-12(9-7-11)25(21,22)18-16-17-13(10-24-16)14(19)15(20)23-4-2/h6-10H,3-5H2,1-2H3,(H,17,18). The zero-order valence-electron chi connectivity index (χ0n) is 13.8. The SMILES string of the molecule is CCCc1ccc(S(=O)(=O)Nc2nc(C(=O)C(=O)OCC)cs2)cc1. The van der Waals surface area contributed by atoms with Crippen molar-refractivity contribution in [2.45, 2.75) is 31.6 Å². The number of carbonyl (C=O) groups is 2. The molecule has 0 saturated carbocycles. The van der Waals surface area contributed by atoms with Crippen molar-refractivity contribution in [3.63, 3.8) is 0 Å². The lowest BCUT2D eigenvalue weighted by Crippen LogP contribution is -2.18. The third-order valence-corrected chi connectivity index (χ3v) is 5.43. The number of hydrogen-bond donors (Lipinski definition) is 1. The molecule has 0 unspecified atom stereocenters. The molecule has 0 aliphatic carbocycles. The number of nitrogens with zero attached hydrogens (tertiary/aromatic N) is 1. The van der Waals surface area contributed by atoms with Crippen LogP contribution in [0.2, 0.25) is 0 Å². The summed E-state index contributed by atoms with van der Waals surface area (Å²) in [6.07, 6.45) is 1.85. The smallest absolute Gasteiger partial charge is 0.381 e. The van der Waals surface area contributed by atoms with Crippen LogP contribution in [0, 0.1) is 0 Å². The lowest BCUT2D eigenvalue weighted by Gasteiger charge is -2.06. The van der Waals surface area contributed by atoms with Gasteiger partial charge >= 0.3 is 5.97 Å². The summed E-state index contributed by atoms with van der Waals surface area (Å²) in [5.74, 6) is -1.93. The van der Waals surface area contributed by atoms with Gasteiger partial charge in [-0.05, 0) is 31.0 Å². The fourth-order valence-corrected chi connectivity index (χ4v) is 3.97. The van der Waals surface area contributed by atoms with Crippen molar-refractivity contribution in [1.82, 2.24) is 4.98 Å². The molecule has 0 spiro atoms. The van der Waals surface area contributed by atoms with E-state index in [1.165, 1.54) is 17.5 Å². The van der Waals surface area contributed by atoms with E-state index in [9.17, 15) is 18.0 Å². The van der Waals surface area contributed by atoms with Crippen LogP contribution >= 0.6 is 11.3 Å². The van der Waals surface area contributed by atoms with E-state index >= 15 is 0 Å². The molecule has 0 fully saturated rings. The number of thiazole rings is 1. The van der Waals surface area contributed by atoms with Crippen molar-refractivity contribution in [1.29, 1.82) is 0 Å². The second kappa shape index (κ2) is 8.21. The van der Waals surface area contributed by atoms with E-state index in [1.54, 1.807) is 19.1 Å². The minimum absolute atomic E-state index is 0.00489. The first-order chi connectivity index (χ1) is 11.9. The van der Waals surface area contributed by atoms with Gasteiger partial charge in [-0.25, -0.2) is 18.2 Å². The van der Waals surface area contributed by atoms with Crippen LogP contribution in [-0.2, 0) is 26.0 Å². The van der Waals surface area contributed by atoms with Crippen LogP contribution < -0.4 is 4.72 Å². The maximum Gasteiger partial charge on any atom is 0.381 e. The molecule has 1 N–H and O–H groups in total. The zero-order valence-corrected chi connectivity index (χ0v) is 15.4. The fraction of sp³-hybridized carbons (Fsp3) is 0.312. The molecule has 0 saturated heterocycles. The van der Waals surface area contributed by atoms with Crippen molar-refractivity contribution in [3.8, 4) is 0 Å². The quantitative estimate of drug-likeness (QED) is 0.428. The van der Waals surface area contributed by atoms with Gasteiger partial charge in [-0.2, -0.15) is 0 Å². The van der Waals surface area contributed by atoms with Crippen molar-refractivity contribution in [2.75, 3.05) is 11.3 Å². The summed E-state index contributed by atoms with van der Waals surface area (Å²) in [4.78, 5) is 27.1. The van der Waals surface area contributed by atoms with Crippen LogP contribution in [0.15, 0.2) is 34.5 Å². The number of benzene rings is 1. The van der Waals surface area contributed by atoms with E-state index in [4.69, 9.17) is 0 Å². The summed E-state index contributed by atoms with van der Waals surface area (Å²) in [6.45, 7) is 3.70. The summed E-state index contributed by atoms with van der Waals surface area (Å²) >= 11 is 0.916. The Morgan fingerprint density at radius 3 is 2.48 bits per heavy atom. The number of esters is 1. The van der Waals surface area contributed by atoms with E-state index in [0.717, 1.165) is 29.7 Å². The molecular formula is C16H18N2O5S2. The monoisotopic (exact) mass is 382 g/mol. The fourth-order valence-electron chi connectivity index (χ4n) is 2.02. The van der Waals surface area contributed by atoms with Gasteiger partial charge in [0.2, 0.25) is 0 Å². The van der Waals surface area contributed by atoms with Gasteiger partial charge in [0.15, 0.2) is 5.13 Å². The summed E-state index contributed by atoms with van der Waals surface area (Å²) in [5.41, 5.74) is 0.900. The number of ether oxygens (including phenoxy) is 1. The van der Waals surface area contributed by atoms with Crippen LogP contribution in [0.3, 0.4) is 0 Å². The van der Waals surface area contributed by atoms with E-state index in [1.807, 2.05) is 6.92 Å². The lowest BCUT2D eigenvalue weighted by molar-refractivity contribution is -0.137. The predicted octanol–water partition coefficient (Wildman–Crippen LogP) is 2.64. The Morgan fingerprint density at radius 2 is 1.88 bits per heavy atom. The maximum atomic E-state index is 12.4. The molecular weight excluding hydrogens is 364 g/mol. The summed E-state index contributed by atoms with van der Waals surface area (Å²) < 4.78 is 31.6. The summed E-state index contributed by atoms with van der Waals surface area (Å²) in [7, 11) is -3.82. The van der Waals surface area contributed by atoms with Gasteiger partial charge in [0.1, 0.15) is 5.69 Å². The average Bonchev–Trinajstić information content (AvgIpc) is 3.03. The Kier molecular flexibility index (Phi) is 6.27. The third kappa shape index (κ3) is 4.86. The second-order valence-electron chi connectivity index (χ2n) is 5.09. The maximum absolute atomic E-state index is 12.4. The van der Waals surface area contributed by atoms with Crippen molar-refractivity contribution in [3.05, 3.63) is 40.9 Å². The van der Waals surface area contributed by atoms with E-state index < -0.39 is 21.8 Å². The molecule has 7 nitrogen and oxygen atoms in total.